The summed E-state index contributed by atoms with van der Waals surface area (Å²) in [5.41, 5.74) is 3.29. The molecule has 0 aliphatic carbocycles. The largest absolute Gasteiger partial charge is 0.497 e. The van der Waals surface area contributed by atoms with Crippen molar-refractivity contribution in [3.05, 3.63) is 77.9 Å². The van der Waals surface area contributed by atoms with E-state index in [1.165, 1.54) is 0 Å². The second-order valence-corrected chi connectivity index (χ2v) is 7.23. The molecule has 1 aliphatic rings. The first-order chi connectivity index (χ1) is 14.6. The van der Waals surface area contributed by atoms with E-state index in [4.69, 9.17) is 18.6 Å². The van der Waals surface area contributed by atoms with Gasteiger partial charge in [-0.25, -0.2) is 0 Å². The van der Waals surface area contributed by atoms with Gasteiger partial charge in [-0.05, 0) is 60.2 Å². The zero-order valence-corrected chi connectivity index (χ0v) is 16.7. The zero-order chi connectivity index (χ0) is 20.7. The minimum Gasteiger partial charge on any atom is -0.497 e. The third-order valence-corrected chi connectivity index (χ3v) is 5.42. The number of ether oxygens (including phenoxy) is 3. The summed E-state index contributed by atoms with van der Waals surface area (Å²) < 4.78 is 22.6. The van der Waals surface area contributed by atoms with Gasteiger partial charge in [0.25, 0.3) is 0 Å². The number of furan rings is 1. The van der Waals surface area contributed by atoms with E-state index in [1.54, 1.807) is 32.4 Å². The topological polar surface area (TPSA) is 57.9 Å². The van der Waals surface area contributed by atoms with E-state index in [9.17, 15) is 4.79 Å². The first-order valence-electron chi connectivity index (χ1n) is 9.70. The summed E-state index contributed by atoms with van der Waals surface area (Å²) in [7, 11) is 3.24. The normalized spacial score (nSPS) is 15.5. The smallest absolute Gasteiger partial charge is 0.170 e. The zero-order valence-electron chi connectivity index (χ0n) is 16.7. The molecule has 1 unspecified atom stereocenters. The minimum absolute atomic E-state index is 0.0649. The summed E-state index contributed by atoms with van der Waals surface area (Å²) in [5.74, 6) is 2.86. The Morgan fingerprint density at radius 1 is 0.867 bits per heavy atom. The van der Waals surface area contributed by atoms with Crippen LogP contribution in [0, 0.1) is 0 Å². The Balaban J connectivity index is 1.47. The van der Waals surface area contributed by atoms with Crippen LogP contribution in [0.2, 0.25) is 0 Å². The summed E-state index contributed by atoms with van der Waals surface area (Å²) in [6.07, 6.45) is -0.0468. The summed E-state index contributed by atoms with van der Waals surface area (Å²) in [4.78, 5) is 12.6. The molecule has 5 heteroatoms. The Hall–Kier alpha value is -3.73. The first-order valence-corrected chi connectivity index (χ1v) is 9.70. The molecule has 0 spiro atoms. The summed E-state index contributed by atoms with van der Waals surface area (Å²) in [6, 6.07) is 20.9. The van der Waals surface area contributed by atoms with E-state index < -0.39 is 0 Å². The van der Waals surface area contributed by atoms with E-state index in [-0.39, 0.29) is 11.9 Å². The lowest BCUT2D eigenvalue weighted by Crippen LogP contribution is -2.20. The molecule has 1 aliphatic heterocycles. The van der Waals surface area contributed by atoms with Crippen molar-refractivity contribution in [1.29, 1.82) is 0 Å². The second kappa shape index (κ2) is 7.26. The molecule has 0 bridgehead atoms. The highest BCUT2D eigenvalue weighted by atomic mass is 16.5. The fourth-order valence-electron chi connectivity index (χ4n) is 3.78. The number of benzene rings is 3. The predicted molar refractivity (Wildman–Crippen MR) is 114 cm³/mol. The van der Waals surface area contributed by atoms with Crippen LogP contribution in [0.15, 0.2) is 71.1 Å². The van der Waals surface area contributed by atoms with Crippen molar-refractivity contribution >= 4 is 16.8 Å². The van der Waals surface area contributed by atoms with E-state index in [1.807, 2.05) is 48.5 Å². The number of hydrogen-bond acceptors (Lipinski definition) is 5. The summed E-state index contributed by atoms with van der Waals surface area (Å²) in [6.45, 7) is 0. The van der Waals surface area contributed by atoms with Crippen molar-refractivity contribution in [2.24, 2.45) is 0 Å². The van der Waals surface area contributed by atoms with Crippen LogP contribution in [-0.2, 0) is 0 Å². The number of carbonyl (C=O) groups excluding carboxylic acids is 1. The quantitative estimate of drug-likeness (QED) is 0.432. The van der Waals surface area contributed by atoms with Gasteiger partial charge >= 0.3 is 0 Å². The molecule has 0 amide bonds. The number of Topliss-reactive ketones (excluding diaryl/α,β-unsaturated/α-hetero) is 1. The molecule has 0 saturated heterocycles. The molecule has 5 nitrogen and oxygen atoms in total. The molecule has 0 fully saturated rings. The number of methoxy groups -OCH3 is 2. The lowest BCUT2D eigenvalue weighted by molar-refractivity contribution is 0.0849. The highest BCUT2D eigenvalue weighted by molar-refractivity contribution is 6.00. The summed E-state index contributed by atoms with van der Waals surface area (Å²) >= 11 is 0. The molecule has 1 atom stereocenters. The van der Waals surface area contributed by atoms with Crippen LogP contribution in [0.3, 0.4) is 0 Å². The average Bonchev–Trinajstić information content (AvgIpc) is 3.22. The molecule has 1 aromatic heterocycles. The average molecular weight is 400 g/mol. The van der Waals surface area contributed by atoms with Crippen LogP contribution in [-0.4, -0.2) is 20.0 Å². The van der Waals surface area contributed by atoms with Crippen LogP contribution in [0.25, 0.3) is 22.3 Å². The monoisotopic (exact) mass is 400 g/mol. The van der Waals surface area contributed by atoms with Crippen molar-refractivity contribution in [2.45, 2.75) is 12.5 Å². The number of ketones is 1. The van der Waals surface area contributed by atoms with Gasteiger partial charge in [-0.15, -0.1) is 0 Å². The van der Waals surface area contributed by atoms with Gasteiger partial charge in [-0.3, -0.25) is 4.79 Å². The van der Waals surface area contributed by atoms with Gasteiger partial charge in [-0.2, -0.15) is 0 Å². The maximum atomic E-state index is 12.6. The number of fused-ring (bicyclic) bond motifs is 2. The Morgan fingerprint density at radius 3 is 2.40 bits per heavy atom. The van der Waals surface area contributed by atoms with Crippen molar-refractivity contribution in [2.75, 3.05) is 14.2 Å². The Morgan fingerprint density at radius 2 is 1.63 bits per heavy atom. The fourth-order valence-corrected chi connectivity index (χ4v) is 3.78. The van der Waals surface area contributed by atoms with Crippen molar-refractivity contribution in [3.63, 3.8) is 0 Å². The molecule has 150 valence electrons. The highest BCUT2D eigenvalue weighted by Gasteiger charge is 2.28. The lowest BCUT2D eigenvalue weighted by atomic mass is 9.95. The van der Waals surface area contributed by atoms with E-state index in [0.29, 0.717) is 23.5 Å². The van der Waals surface area contributed by atoms with Gasteiger partial charge in [0.1, 0.15) is 34.7 Å². The van der Waals surface area contributed by atoms with Crippen molar-refractivity contribution in [1.82, 2.24) is 0 Å². The van der Waals surface area contributed by atoms with Crippen LogP contribution in [0.1, 0.15) is 28.4 Å². The highest BCUT2D eigenvalue weighted by Crippen LogP contribution is 2.38. The maximum absolute atomic E-state index is 12.6. The van der Waals surface area contributed by atoms with Crippen molar-refractivity contribution in [3.8, 4) is 28.6 Å². The summed E-state index contributed by atoms with van der Waals surface area (Å²) in [5, 5.41) is 0.964. The van der Waals surface area contributed by atoms with Gasteiger partial charge in [-0.1, -0.05) is 6.07 Å². The van der Waals surface area contributed by atoms with E-state index >= 15 is 0 Å². The third-order valence-electron chi connectivity index (χ3n) is 5.42. The van der Waals surface area contributed by atoms with Gasteiger partial charge in [0, 0.05) is 17.0 Å². The molecular weight excluding hydrogens is 380 g/mol. The molecular formula is C25H20O5. The predicted octanol–water partition coefficient (Wildman–Crippen LogP) is 5.82. The molecule has 30 heavy (non-hydrogen) atoms. The molecule has 0 N–H and O–H groups in total. The Kier molecular flexibility index (Phi) is 4.43. The van der Waals surface area contributed by atoms with Gasteiger partial charge in [0.15, 0.2) is 5.78 Å². The second-order valence-electron chi connectivity index (χ2n) is 7.23. The number of hydrogen-bond donors (Lipinski definition) is 0. The Labute approximate surface area is 173 Å². The first kappa shape index (κ1) is 18.3. The molecule has 3 aromatic carbocycles. The molecule has 2 heterocycles. The fraction of sp³-hybridized carbons (Fsp3) is 0.160. The van der Waals surface area contributed by atoms with Crippen LogP contribution >= 0.6 is 0 Å². The van der Waals surface area contributed by atoms with E-state index in [0.717, 1.165) is 33.6 Å². The van der Waals surface area contributed by atoms with Gasteiger partial charge < -0.3 is 18.6 Å². The lowest BCUT2D eigenvalue weighted by Gasteiger charge is -2.25. The molecule has 0 radical (unpaired) electrons. The number of carbonyl (C=O) groups is 1. The van der Waals surface area contributed by atoms with Gasteiger partial charge in [0.2, 0.25) is 0 Å². The molecule has 0 saturated carbocycles. The van der Waals surface area contributed by atoms with E-state index in [2.05, 4.69) is 0 Å². The van der Waals surface area contributed by atoms with Gasteiger partial charge in [0.05, 0.1) is 26.2 Å². The van der Waals surface area contributed by atoms with Crippen LogP contribution < -0.4 is 14.2 Å². The van der Waals surface area contributed by atoms with Crippen LogP contribution in [0.4, 0.5) is 0 Å². The molecule has 5 rings (SSSR count). The number of rotatable bonds is 4. The Bertz CT molecular complexity index is 1240. The van der Waals surface area contributed by atoms with Crippen molar-refractivity contribution < 1.29 is 23.4 Å². The third kappa shape index (κ3) is 3.18. The van der Waals surface area contributed by atoms with Crippen LogP contribution in [0.5, 0.6) is 17.2 Å². The molecule has 4 aromatic rings. The maximum Gasteiger partial charge on any atom is 0.170 e. The standard InChI is InChI=1S/C25H20O5/c1-27-18-6-3-15(4-7-18)23-12-17-11-16(5-10-22(17)29-23)24-14-21(26)20-9-8-19(28-2)13-25(20)30-24/h3-13,24H,14H2,1-2H3. The SMILES string of the molecule is COc1ccc(-c2cc3cc(C4CC(=O)c5ccc(OC)cc5O4)ccc3o2)cc1. The minimum atomic E-state index is -0.346.